The Hall–Kier alpha value is -0.160. The molecule has 0 bridgehead atoms. The van der Waals surface area contributed by atoms with Crippen molar-refractivity contribution in [3.05, 3.63) is 0 Å². The number of hydrogen-bond acceptors (Lipinski definition) is 4. The number of hydrogen-bond donors (Lipinski definition) is 3. The van der Waals surface area contributed by atoms with Crippen molar-refractivity contribution in [2.45, 2.75) is 76.7 Å². The fourth-order valence-corrected chi connectivity index (χ4v) is 3.31. The van der Waals surface area contributed by atoms with E-state index in [4.69, 9.17) is 15.6 Å². The maximum atomic E-state index is 8.91. The molecule has 4 N–H and O–H groups in total. The van der Waals surface area contributed by atoms with Crippen LogP contribution in [-0.2, 0) is 4.74 Å². The molecule has 1 saturated heterocycles. The Morgan fingerprint density at radius 3 is 2.33 bits per heavy atom. The van der Waals surface area contributed by atoms with E-state index in [0.717, 1.165) is 19.3 Å². The van der Waals surface area contributed by atoms with Crippen molar-refractivity contribution >= 4 is 0 Å². The highest BCUT2D eigenvalue weighted by molar-refractivity contribution is 5.12. The summed E-state index contributed by atoms with van der Waals surface area (Å²) in [6.07, 6.45) is 2.68. The molecule has 1 aliphatic rings. The van der Waals surface area contributed by atoms with Crippen molar-refractivity contribution in [3.8, 4) is 0 Å². The van der Waals surface area contributed by atoms with E-state index in [1.165, 1.54) is 0 Å². The van der Waals surface area contributed by atoms with Crippen LogP contribution in [0.2, 0.25) is 0 Å². The molecular weight excluding hydrogens is 228 g/mol. The lowest BCUT2D eigenvalue weighted by molar-refractivity contribution is -0.0832. The number of aliphatic hydroxyl groups is 1. The Morgan fingerprint density at radius 1 is 1.33 bits per heavy atom. The summed E-state index contributed by atoms with van der Waals surface area (Å²) in [4.78, 5) is 0. The first-order valence-electron chi connectivity index (χ1n) is 6.97. The maximum Gasteiger partial charge on any atom is 0.0828 e. The van der Waals surface area contributed by atoms with Crippen molar-refractivity contribution in [2.24, 2.45) is 5.73 Å². The Balaban J connectivity index is 2.79. The number of nitrogens with one attached hydrogen (secondary N) is 1. The monoisotopic (exact) mass is 258 g/mol. The highest BCUT2D eigenvalue weighted by Crippen LogP contribution is 2.44. The van der Waals surface area contributed by atoms with Crippen LogP contribution in [-0.4, -0.2) is 41.0 Å². The number of aliphatic hydroxyl groups excluding tert-OH is 1. The highest BCUT2D eigenvalue weighted by Gasteiger charge is 2.56. The second-order valence-corrected chi connectivity index (χ2v) is 6.75. The minimum absolute atomic E-state index is 0.146. The van der Waals surface area contributed by atoms with Gasteiger partial charge in [-0.1, -0.05) is 0 Å². The smallest absolute Gasteiger partial charge is 0.0828 e. The van der Waals surface area contributed by atoms with Crippen LogP contribution in [0.25, 0.3) is 0 Å². The summed E-state index contributed by atoms with van der Waals surface area (Å²) in [5.41, 5.74) is 5.44. The van der Waals surface area contributed by atoms with E-state index in [0.29, 0.717) is 12.6 Å². The molecule has 0 radical (unpaired) electrons. The molecule has 0 aliphatic carbocycles. The first kappa shape index (κ1) is 15.9. The zero-order chi connectivity index (χ0) is 14.0. The summed E-state index contributed by atoms with van der Waals surface area (Å²) in [6.45, 7) is 11.4. The van der Waals surface area contributed by atoms with Gasteiger partial charge >= 0.3 is 0 Å². The number of rotatable bonds is 6. The second-order valence-electron chi connectivity index (χ2n) is 6.75. The van der Waals surface area contributed by atoms with Crippen LogP contribution in [0.1, 0.15) is 53.9 Å². The van der Waals surface area contributed by atoms with Gasteiger partial charge in [-0.2, -0.15) is 0 Å². The molecule has 0 aromatic rings. The minimum atomic E-state index is -0.279. The Labute approximate surface area is 111 Å². The number of ether oxygens (including phenoxy) is 1. The van der Waals surface area contributed by atoms with E-state index in [2.05, 4.69) is 39.9 Å². The fourth-order valence-electron chi connectivity index (χ4n) is 3.31. The van der Waals surface area contributed by atoms with Gasteiger partial charge in [0.05, 0.1) is 16.7 Å². The average molecular weight is 258 g/mol. The first-order valence-corrected chi connectivity index (χ1v) is 6.97. The molecule has 0 aromatic heterocycles. The third kappa shape index (κ3) is 3.23. The van der Waals surface area contributed by atoms with Gasteiger partial charge in [-0.05, 0) is 53.9 Å². The van der Waals surface area contributed by atoms with Gasteiger partial charge < -0.3 is 20.9 Å². The van der Waals surface area contributed by atoms with Gasteiger partial charge in [0.15, 0.2) is 0 Å². The highest BCUT2D eigenvalue weighted by atomic mass is 16.5. The summed E-state index contributed by atoms with van der Waals surface area (Å²) in [5.74, 6) is 0. The van der Waals surface area contributed by atoms with E-state index < -0.39 is 0 Å². The first-order chi connectivity index (χ1) is 8.18. The van der Waals surface area contributed by atoms with Crippen LogP contribution in [0, 0.1) is 0 Å². The van der Waals surface area contributed by atoms with Gasteiger partial charge in [-0.15, -0.1) is 0 Å². The summed E-state index contributed by atoms with van der Waals surface area (Å²) >= 11 is 0. The van der Waals surface area contributed by atoms with Gasteiger partial charge in [0.2, 0.25) is 0 Å². The summed E-state index contributed by atoms with van der Waals surface area (Å²) in [7, 11) is 0. The molecule has 0 saturated carbocycles. The molecule has 1 aliphatic heterocycles. The molecule has 0 spiro atoms. The van der Waals surface area contributed by atoms with Crippen LogP contribution in [0.15, 0.2) is 0 Å². The van der Waals surface area contributed by atoms with E-state index in [-0.39, 0.29) is 23.3 Å². The molecule has 0 amide bonds. The zero-order valence-corrected chi connectivity index (χ0v) is 12.5. The molecule has 4 heteroatoms. The van der Waals surface area contributed by atoms with Crippen LogP contribution in [0.5, 0.6) is 0 Å². The maximum absolute atomic E-state index is 8.91. The summed E-state index contributed by atoms with van der Waals surface area (Å²) in [6, 6.07) is 0.331. The summed E-state index contributed by atoms with van der Waals surface area (Å²) < 4.78 is 6.16. The van der Waals surface area contributed by atoms with Crippen molar-refractivity contribution in [1.82, 2.24) is 5.32 Å². The molecule has 2 atom stereocenters. The van der Waals surface area contributed by atoms with Gasteiger partial charge in [0.25, 0.3) is 0 Å². The van der Waals surface area contributed by atoms with Gasteiger partial charge in [-0.25, -0.2) is 0 Å². The van der Waals surface area contributed by atoms with E-state index in [9.17, 15) is 0 Å². The molecular formula is C14H30N2O2. The van der Waals surface area contributed by atoms with Crippen LogP contribution in [0.4, 0.5) is 0 Å². The quantitative estimate of drug-likeness (QED) is 0.674. The molecule has 18 heavy (non-hydrogen) atoms. The standard InChI is InChI=1S/C14H30N2O2/c1-11(7-6-8-17)16-14(10-15)9-12(2,3)18-13(14,4)5/h11,16-17H,6-10,15H2,1-5H3. The van der Waals surface area contributed by atoms with Gasteiger partial charge in [0, 0.05) is 19.2 Å². The SMILES string of the molecule is CC(CCCO)NC1(CN)CC(C)(C)OC1(C)C. The molecule has 108 valence electrons. The third-order valence-corrected chi connectivity index (χ3v) is 4.08. The molecule has 2 unspecified atom stereocenters. The molecule has 1 rings (SSSR count). The predicted octanol–water partition coefficient (Wildman–Crippen LogP) is 1.41. The van der Waals surface area contributed by atoms with Crippen LogP contribution < -0.4 is 11.1 Å². The van der Waals surface area contributed by atoms with Crippen molar-refractivity contribution in [3.63, 3.8) is 0 Å². The normalized spacial score (nSPS) is 31.5. The van der Waals surface area contributed by atoms with E-state index in [1.807, 2.05) is 0 Å². The lowest BCUT2D eigenvalue weighted by Crippen LogP contribution is -2.63. The van der Waals surface area contributed by atoms with Crippen molar-refractivity contribution in [1.29, 1.82) is 0 Å². The van der Waals surface area contributed by atoms with Crippen molar-refractivity contribution < 1.29 is 9.84 Å². The van der Waals surface area contributed by atoms with Gasteiger partial charge in [-0.3, -0.25) is 0 Å². The minimum Gasteiger partial charge on any atom is -0.396 e. The Bertz CT molecular complexity index is 279. The lowest BCUT2D eigenvalue weighted by atomic mass is 9.78. The molecule has 1 heterocycles. The van der Waals surface area contributed by atoms with E-state index in [1.54, 1.807) is 0 Å². The topological polar surface area (TPSA) is 67.5 Å². The number of nitrogens with two attached hydrogens (primary N) is 1. The third-order valence-electron chi connectivity index (χ3n) is 4.08. The van der Waals surface area contributed by atoms with E-state index >= 15 is 0 Å². The lowest BCUT2D eigenvalue weighted by Gasteiger charge is -2.42. The average Bonchev–Trinajstić information content (AvgIpc) is 2.40. The van der Waals surface area contributed by atoms with Crippen LogP contribution in [0.3, 0.4) is 0 Å². The fraction of sp³-hybridized carbons (Fsp3) is 1.00. The second kappa shape index (κ2) is 5.45. The zero-order valence-electron chi connectivity index (χ0n) is 12.5. The molecule has 1 fully saturated rings. The van der Waals surface area contributed by atoms with Gasteiger partial charge in [0.1, 0.15) is 0 Å². The van der Waals surface area contributed by atoms with Crippen molar-refractivity contribution in [2.75, 3.05) is 13.2 Å². The predicted molar refractivity (Wildman–Crippen MR) is 74.6 cm³/mol. The molecule has 4 nitrogen and oxygen atoms in total. The largest absolute Gasteiger partial charge is 0.396 e. The van der Waals surface area contributed by atoms with Crippen LogP contribution >= 0.6 is 0 Å². The Morgan fingerprint density at radius 2 is 1.94 bits per heavy atom. The Kier molecular flexibility index (Phi) is 4.81. The molecule has 0 aromatic carbocycles. The summed E-state index contributed by atoms with van der Waals surface area (Å²) in [5, 5.41) is 12.6.